The highest BCUT2D eigenvalue weighted by Gasteiger charge is 2.22. The highest BCUT2D eigenvalue weighted by atomic mass is 32.1. The molecule has 1 rings (SSSR count). The fourth-order valence-electron chi connectivity index (χ4n) is 1.57. The summed E-state index contributed by atoms with van der Waals surface area (Å²) < 4.78 is 10.1. The largest absolute Gasteiger partial charge is 0.383 e. The third-order valence-electron chi connectivity index (χ3n) is 2.07. The van der Waals surface area contributed by atoms with Crippen molar-refractivity contribution < 1.29 is 9.47 Å². The molecular weight excluding hydrogens is 206 g/mol. The minimum atomic E-state index is 0. The van der Waals surface area contributed by atoms with E-state index in [1.54, 1.807) is 14.2 Å². The van der Waals surface area contributed by atoms with E-state index in [2.05, 4.69) is 5.32 Å². The van der Waals surface area contributed by atoms with E-state index in [9.17, 15) is 0 Å². The summed E-state index contributed by atoms with van der Waals surface area (Å²) in [5.74, 6) is 0. The average molecular weight is 227 g/mol. The smallest absolute Gasteiger partial charge is 0.0615 e. The first-order valence-electron chi connectivity index (χ1n) is 4.10. The molecule has 1 aliphatic rings. The fourth-order valence-corrected chi connectivity index (χ4v) is 1.57. The Morgan fingerprint density at radius 1 is 1.00 bits per heavy atom. The Bertz CT molecular complexity index is 104. The SMILES string of the molecule is COC[C@@H]1CC[C@@H](COC)N1.S.S. The molecule has 0 aromatic rings. The highest BCUT2D eigenvalue weighted by molar-refractivity contribution is 7.59. The molecule has 0 amide bonds. The molecular formula is C8H21NO2S2. The second kappa shape index (κ2) is 9.15. The molecule has 0 aromatic carbocycles. The van der Waals surface area contributed by atoms with Gasteiger partial charge in [0, 0.05) is 26.3 Å². The maximum absolute atomic E-state index is 5.05. The molecule has 0 saturated carbocycles. The zero-order chi connectivity index (χ0) is 8.10. The number of hydrogen-bond acceptors (Lipinski definition) is 3. The van der Waals surface area contributed by atoms with E-state index < -0.39 is 0 Å². The van der Waals surface area contributed by atoms with Crippen LogP contribution in [0.15, 0.2) is 0 Å². The maximum atomic E-state index is 5.05. The monoisotopic (exact) mass is 227 g/mol. The van der Waals surface area contributed by atoms with Crippen LogP contribution in [-0.4, -0.2) is 39.5 Å². The second-order valence-corrected chi connectivity index (χ2v) is 3.05. The molecule has 0 aromatic heterocycles. The second-order valence-electron chi connectivity index (χ2n) is 3.05. The third-order valence-corrected chi connectivity index (χ3v) is 2.07. The first-order chi connectivity index (χ1) is 5.36. The molecule has 82 valence electrons. The van der Waals surface area contributed by atoms with E-state index in [0.29, 0.717) is 12.1 Å². The predicted molar refractivity (Wildman–Crippen MR) is 64.5 cm³/mol. The molecule has 13 heavy (non-hydrogen) atoms. The quantitative estimate of drug-likeness (QED) is 0.764. The van der Waals surface area contributed by atoms with Crippen molar-refractivity contribution in [2.75, 3.05) is 27.4 Å². The molecule has 0 radical (unpaired) electrons. The van der Waals surface area contributed by atoms with Gasteiger partial charge < -0.3 is 14.8 Å². The van der Waals surface area contributed by atoms with Crippen LogP contribution in [0.2, 0.25) is 0 Å². The standard InChI is InChI=1S/C8H17NO2.2H2S/c1-10-5-7-3-4-8(9-7)6-11-2;;/h7-9H,3-6H2,1-2H3;2*1H2/t7-,8-;;/m0../s1. The van der Waals surface area contributed by atoms with Crippen LogP contribution < -0.4 is 5.32 Å². The summed E-state index contributed by atoms with van der Waals surface area (Å²) in [5, 5.41) is 3.44. The maximum Gasteiger partial charge on any atom is 0.0615 e. The van der Waals surface area contributed by atoms with E-state index in [4.69, 9.17) is 9.47 Å². The van der Waals surface area contributed by atoms with Gasteiger partial charge in [0.25, 0.3) is 0 Å². The van der Waals surface area contributed by atoms with E-state index in [1.807, 2.05) is 0 Å². The molecule has 5 heteroatoms. The number of nitrogens with one attached hydrogen (secondary N) is 1. The van der Waals surface area contributed by atoms with Crippen LogP contribution in [0.1, 0.15) is 12.8 Å². The molecule has 2 atom stereocenters. The highest BCUT2D eigenvalue weighted by Crippen LogP contribution is 2.12. The molecule has 0 bridgehead atoms. The van der Waals surface area contributed by atoms with Crippen molar-refractivity contribution in [2.45, 2.75) is 24.9 Å². The Kier molecular flexibility index (Phi) is 11.3. The zero-order valence-corrected chi connectivity index (χ0v) is 10.3. The summed E-state index contributed by atoms with van der Waals surface area (Å²) >= 11 is 0. The van der Waals surface area contributed by atoms with Gasteiger partial charge in [0.1, 0.15) is 0 Å². The van der Waals surface area contributed by atoms with Gasteiger partial charge in [-0.25, -0.2) is 0 Å². The van der Waals surface area contributed by atoms with Crippen molar-refractivity contribution in [1.82, 2.24) is 5.32 Å². The molecule has 0 aliphatic carbocycles. The summed E-state index contributed by atoms with van der Waals surface area (Å²) in [5.41, 5.74) is 0. The van der Waals surface area contributed by atoms with Crippen molar-refractivity contribution in [3.05, 3.63) is 0 Å². The summed E-state index contributed by atoms with van der Waals surface area (Å²) in [6, 6.07) is 1.08. The van der Waals surface area contributed by atoms with Crippen molar-refractivity contribution in [1.29, 1.82) is 0 Å². The molecule has 1 fully saturated rings. The van der Waals surface area contributed by atoms with Crippen LogP contribution in [-0.2, 0) is 9.47 Å². The van der Waals surface area contributed by atoms with Gasteiger partial charge in [0.05, 0.1) is 13.2 Å². The summed E-state index contributed by atoms with van der Waals surface area (Å²) in [6.45, 7) is 1.64. The molecule has 1 aliphatic heterocycles. The van der Waals surface area contributed by atoms with Gasteiger partial charge in [-0.05, 0) is 12.8 Å². The first-order valence-corrected chi connectivity index (χ1v) is 4.10. The Morgan fingerprint density at radius 3 is 1.69 bits per heavy atom. The van der Waals surface area contributed by atoms with Crippen LogP contribution in [0.4, 0.5) is 0 Å². The fraction of sp³-hybridized carbons (Fsp3) is 1.00. The molecule has 1 heterocycles. The van der Waals surface area contributed by atoms with E-state index in [1.165, 1.54) is 12.8 Å². The van der Waals surface area contributed by atoms with E-state index in [-0.39, 0.29) is 27.0 Å². The minimum Gasteiger partial charge on any atom is -0.383 e. The van der Waals surface area contributed by atoms with Crippen molar-refractivity contribution in [3.63, 3.8) is 0 Å². The molecule has 0 unspecified atom stereocenters. The number of hydrogen-bond donors (Lipinski definition) is 1. The molecule has 0 spiro atoms. The van der Waals surface area contributed by atoms with Gasteiger partial charge in [-0.3, -0.25) is 0 Å². The van der Waals surface area contributed by atoms with Crippen LogP contribution in [0.25, 0.3) is 0 Å². The van der Waals surface area contributed by atoms with E-state index >= 15 is 0 Å². The molecule has 1 N–H and O–H groups in total. The van der Waals surface area contributed by atoms with Crippen LogP contribution in [0, 0.1) is 0 Å². The number of rotatable bonds is 4. The number of ether oxygens (including phenoxy) is 2. The zero-order valence-electron chi connectivity index (χ0n) is 8.30. The topological polar surface area (TPSA) is 30.5 Å². The van der Waals surface area contributed by atoms with Crippen LogP contribution >= 0.6 is 27.0 Å². The Morgan fingerprint density at radius 2 is 1.38 bits per heavy atom. The lowest BCUT2D eigenvalue weighted by Crippen LogP contribution is -2.34. The summed E-state index contributed by atoms with van der Waals surface area (Å²) in [4.78, 5) is 0. The molecule has 1 saturated heterocycles. The van der Waals surface area contributed by atoms with Gasteiger partial charge in [-0.2, -0.15) is 27.0 Å². The van der Waals surface area contributed by atoms with Gasteiger partial charge in [-0.15, -0.1) is 0 Å². The minimum absolute atomic E-state index is 0. The van der Waals surface area contributed by atoms with Gasteiger partial charge in [0.2, 0.25) is 0 Å². The lowest BCUT2D eigenvalue weighted by Gasteiger charge is -2.12. The van der Waals surface area contributed by atoms with Crippen LogP contribution in [0.5, 0.6) is 0 Å². The van der Waals surface area contributed by atoms with Gasteiger partial charge in [0.15, 0.2) is 0 Å². The van der Waals surface area contributed by atoms with Crippen LogP contribution in [0.3, 0.4) is 0 Å². The third kappa shape index (κ3) is 5.80. The Balaban J connectivity index is 0. The lowest BCUT2D eigenvalue weighted by atomic mass is 10.2. The lowest BCUT2D eigenvalue weighted by molar-refractivity contribution is 0.153. The summed E-state index contributed by atoms with van der Waals surface area (Å²) in [6.07, 6.45) is 2.42. The first kappa shape index (κ1) is 16.0. The van der Waals surface area contributed by atoms with Gasteiger partial charge >= 0.3 is 0 Å². The van der Waals surface area contributed by atoms with E-state index in [0.717, 1.165) is 13.2 Å². The van der Waals surface area contributed by atoms with Crippen molar-refractivity contribution >= 4 is 27.0 Å². The Labute approximate surface area is 94.5 Å². The number of methoxy groups -OCH3 is 2. The molecule has 3 nitrogen and oxygen atoms in total. The summed E-state index contributed by atoms with van der Waals surface area (Å²) in [7, 11) is 3.48. The Hall–Kier alpha value is 0.580. The predicted octanol–water partition coefficient (Wildman–Crippen LogP) is 0.625. The van der Waals surface area contributed by atoms with Crippen molar-refractivity contribution in [3.8, 4) is 0 Å². The average Bonchev–Trinajstić information content (AvgIpc) is 2.38. The van der Waals surface area contributed by atoms with Crippen molar-refractivity contribution in [2.24, 2.45) is 0 Å². The van der Waals surface area contributed by atoms with Gasteiger partial charge in [-0.1, -0.05) is 0 Å². The normalized spacial score (nSPS) is 26.3.